The third kappa shape index (κ3) is 3.33. The summed E-state index contributed by atoms with van der Waals surface area (Å²) in [6, 6.07) is 3.92. The Hall–Kier alpha value is -1.40. The molecule has 1 aromatic carbocycles. The lowest BCUT2D eigenvalue weighted by atomic mass is 9.95. The molecule has 0 spiro atoms. The molecular weight excluding hydrogens is 267 g/mol. The monoisotopic (exact) mass is 282 g/mol. The predicted octanol–water partition coefficient (Wildman–Crippen LogP) is 3.36. The average molecular weight is 282 g/mol. The minimum atomic E-state index is -0.576. The summed E-state index contributed by atoms with van der Waals surface area (Å²) in [6.45, 7) is 5.20. The molecule has 19 heavy (non-hydrogen) atoms. The molecular formula is C13H15FN2O2S. The molecule has 1 aliphatic heterocycles. The molecule has 1 saturated heterocycles. The Morgan fingerprint density at radius 3 is 3.05 bits per heavy atom. The van der Waals surface area contributed by atoms with Crippen molar-refractivity contribution in [2.45, 2.75) is 12.3 Å². The second-order valence-corrected chi connectivity index (χ2v) is 5.60. The lowest BCUT2D eigenvalue weighted by molar-refractivity contribution is -0.385. The van der Waals surface area contributed by atoms with E-state index in [0.717, 1.165) is 31.3 Å². The number of non-ortho nitro benzene ring substituents is 1. The van der Waals surface area contributed by atoms with Gasteiger partial charge in [-0.2, -0.15) is 0 Å². The third-order valence-corrected chi connectivity index (χ3v) is 4.21. The molecule has 0 saturated carbocycles. The molecule has 102 valence electrons. The third-order valence-electron chi connectivity index (χ3n) is 3.13. The van der Waals surface area contributed by atoms with Crippen LogP contribution < -0.4 is 0 Å². The molecule has 0 bridgehead atoms. The van der Waals surface area contributed by atoms with Gasteiger partial charge in [0.25, 0.3) is 5.69 Å². The summed E-state index contributed by atoms with van der Waals surface area (Å²) in [7, 11) is 0. The Bertz CT molecular complexity index is 496. The normalized spacial score (nSPS) is 20.2. The molecule has 0 radical (unpaired) electrons. The zero-order chi connectivity index (χ0) is 13.8. The van der Waals surface area contributed by atoms with Gasteiger partial charge in [0.05, 0.1) is 11.0 Å². The van der Waals surface area contributed by atoms with Crippen LogP contribution in [0.1, 0.15) is 17.9 Å². The van der Waals surface area contributed by atoms with E-state index in [0.29, 0.717) is 5.56 Å². The topological polar surface area (TPSA) is 46.4 Å². The van der Waals surface area contributed by atoms with Gasteiger partial charge < -0.3 is 0 Å². The number of benzene rings is 1. The van der Waals surface area contributed by atoms with E-state index < -0.39 is 10.7 Å². The van der Waals surface area contributed by atoms with Gasteiger partial charge in [-0.05, 0) is 18.1 Å². The standard InChI is InChI=1S/C13H15FN2O2S/c1-2-6-15-9-10(5-7-19-15)12-4-3-11(16(17)18)8-13(12)14/h2-4,8,10H,1,5-7,9H2. The summed E-state index contributed by atoms with van der Waals surface area (Å²) in [5.41, 5.74) is 0.370. The highest BCUT2D eigenvalue weighted by atomic mass is 32.2. The van der Waals surface area contributed by atoms with E-state index in [1.165, 1.54) is 6.07 Å². The lowest BCUT2D eigenvalue weighted by Crippen LogP contribution is -2.28. The number of nitro benzene ring substituents is 1. The van der Waals surface area contributed by atoms with Gasteiger partial charge in [0.1, 0.15) is 5.82 Å². The number of hydrogen-bond acceptors (Lipinski definition) is 4. The predicted molar refractivity (Wildman–Crippen MR) is 74.6 cm³/mol. The first-order valence-electron chi connectivity index (χ1n) is 6.04. The van der Waals surface area contributed by atoms with Crippen molar-refractivity contribution >= 4 is 17.6 Å². The van der Waals surface area contributed by atoms with Crippen LogP contribution in [0.5, 0.6) is 0 Å². The molecule has 1 fully saturated rings. The maximum Gasteiger partial charge on any atom is 0.272 e. The van der Waals surface area contributed by atoms with E-state index in [4.69, 9.17) is 0 Å². The van der Waals surface area contributed by atoms with Crippen LogP contribution in [0.25, 0.3) is 0 Å². The molecule has 6 heteroatoms. The van der Waals surface area contributed by atoms with Gasteiger partial charge in [0.2, 0.25) is 0 Å². The van der Waals surface area contributed by atoms with E-state index in [2.05, 4.69) is 10.9 Å². The SMILES string of the molecule is C=CCN1CC(c2ccc([N+](=O)[O-])cc2F)CCS1. The van der Waals surface area contributed by atoms with Gasteiger partial charge in [-0.15, -0.1) is 6.58 Å². The summed E-state index contributed by atoms with van der Waals surface area (Å²) in [4.78, 5) is 10.0. The Morgan fingerprint density at radius 2 is 2.42 bits per heavy atom. The highest BCUT2D eigenvalue weighted by Crippen LogP contribution is 2.33. The molecule has 0 N–H and O–H groups in total. The summed E-state index contributed by atoms with van der Waals surface area (Å²) in [6.07, 6.45) is 2.70. The fourth-order valence-corrected chi connectivity index (χ4v) is 3.34. The highest BCUT2D eigenvalue weighted by molar-refractivity contribution is 7.97. The molecule has 1 heterocycles. The highest BCUT2D eigenvalue weighted by Gasteiger charge is 2.24. The van der Waals surface area contributed by atoms with Crippen LogP contribution in [-0.4, -0.2) is 28.1 Å². The molecule has 1 atom stereocenters. The summed E-state index contributed by atoms with van der Waals surface area (Å²) in [5.74, 6) is 0.529. The molecule has 1 unspecified atom stereocenters. The number of nitrogens with zero attached hydrogens (tertiary/aromatic N) is 2. The van der Waals surface area contributed by atoms with E-state index in [9.17, 15) is 14.5 Å². The van der Waals surface area contributed by atoms with Crippen molar-refractivity contribution < 1.29 is 9.31 Å². The van der Waals surface area contributed by atoms with Crippen LogP contribution >= 0.6 is 11.9 Å². The average Bonchev–Trinajstić information content (AvgIpc) is 2.39. The van der Waals surface area contributed by atoms with E-state index in [-0.39, 0.29) is 11.6 Å². The van der Waals surface area contributed by atoms with Crippen LogP contribution in [0.3, 0.4) is 0 Å². The van der Waals surface area contributed by atoms with Crippen molar-refractivity contribution in [3.05, 3.63) is 52.3 Å². The van der Waals surface area contributed by atoms with Crippen LogP contribution in [0.2, 0.25) is 0 Å². The summed E-state index contributed by atoms with van der Waals surface area (Å²) in [5, 5.41) is 10.6. The van der Waals surface area contributed by atoms with Gasteiger partial charge in [-0.25, -0.2) is 8.70 Å². The quantitative estimate of drug-likeness (QED) is 0.368. The van der Waals surface area contributed by atoms with E-state index >= 15 is 0 Å². The number of halogens is 1. The number of nitro groups is 1. The lowest BCUT2D eigenvalue weighted by Gasteiger charge is -2.31. The molecule has 1 aromatic rings. The Balaban J connectivity index is 2.17. The van der Waals surface area contributed by atoms with Gasteiger partial charge in [0, 0.05) is 30.8 Å². The minimum absolute atomic E-state index is 0.0852. The molecule has 1 aliphatic rings. The van der Waals surface area contributed by atoms with Gasteiger partial charge in [0.15, 0.2) is 0 Å². The Kier molecular flexibility index (Phi) is 4.55. The van der Waals surface area contributed by atoms with Crippen LogP contribution in [0.4, 0.5) is 10.1 Å². The zero-order valence-electron chi connectivity index (χ0n) is 10.4. The summed E-state index contributed by atoms with van der Waals surface area (Å²) >= 11 is 1.73. The van der Waals surface area contributed by atoms with E-state index in [1.54, 1.807) is 18.0 Å². The van der Waals surface area contributed by atoms with E-state index in [1.807, 2.05) is 6.08 Å². The van der Waals surface area contributed by atoms with Crippen LogP contribution in [-0.2, 0) is 0 Å². The Morgan fingerprint density at radius 1 is 1.63 bits per heavy atom. The van der Waals surface area contributed by atoms with Crippen LogP contribution in [0, 0.1) is 15.9 Å². The Labute approximate surface area is 115 Å². The fraction of sp³-hybridized carbons (Fsp3) is 0.385. The first-order chi connectivity index (χ1) is 9.11. The van der Waals surface area contributed by atoms with Gasteiger partial charge >= 0.3 is 0 Å². The van der Waals surface area contributed by atoms with Gasteiger partial charge in [-0.3, -0.25) is 10.1 Å². The first-order valence-corrected chi connectivity index (χ1v) is 6.98. The summed E-state index contributed by atoms with van der Waals surface area (Å²) < 4.78 is 16.1. The smallest absolute Gasteiger partial charge is 0.258 e. The van der Waals surface area contributed by atoms with Crippen molar-refractivity contribution in [1.29, 1.82) is 0 Å². The second-order valence-electron chi connectivity index (χ2n) is 4.42. The maximum atomic E-state index is 14.0. The second kappa shape index (κ2) is 6.16. The van der Waals surface area contributed by atoms with Crippen molar-refractivity contribution in [3.8, 4) is 0 Å². The maximum absolute atomic E-state index is 14.0. The van der Waals surface area contributed by atoms with Gasteiger partial charge in [-0.1, -0.05) is 18.0 Å². The molecule has 4 nitrogen and oxygen atoms in total. The van der Waals surface area contributed by atoms with Crippen molar-refractivity contribution in [2.24, 2.45) is 0 Å². The fourth-order valence-electron chi connectivity index (χ4n) is 2.20. The number of hydrogen-bond donors (Lipinski definition) is 0. The molecule has 0 amide bonds. The van der Waals surface area contributed by atoms with Crippen molar-refractivity contribution in [3.63, 3.8) is 0 Å². The zero-order valence-corrected chi connectivity index (χ0v) is 11.2. The number of rotatable bonds is 4. The van der Waals surface area contributed by atoms with Crippen LogP contribution in [0.15, 0.2) is 30.9 Å². The minimum Gasteiger partial charge on any atom is -0.258 e. The molecule has 0 aliphatic carbocycles. The van der Waals surface area contributed by atoms with Crippen molar-refractivity contribution in [2.75, 3.05) is 18.8 Å². The van der Waals surface area contributed by atoms with Crippen molar-refractivity contribution in [1.82, 2.24) is 4.31 Å². The molecule has 2 rings (SSSR count). The largest absolute Gasteiger partial charge is 0.272 e. The first kappa shape index (κ1) is 14.0. The molecule has 0 aromatic heterocycles.